The minimum Gasteiger partial charge on any atom is -0.364 e. The van der Waals surface area contributed by atoms with Gasteiger partial charge in [0.15, 0.2) is 5.69 Å². The number of piperidine rings is 1. The lowest BCUT2D eigenvalue weighted by Crippen LogP contribution is -2.39. The van der Waals surface area contributed by atoms with Crippen LogP contribution in [-0.4, -0.2) is 49.6 Å². The van der Waals surface area contributed by atoms with Crippen molar-refractivity contribution in [1.82, 2.24) is 24.6 Å². The van der Waals surface area contributed by atoms with Gasteiger partial charge in [0.25, 0.3) is 17.4 Å². The van der Waals surface area contributed by atoms with E-state index in [1.807, 2.05) is 0 Å². The van der Waals surface area contributed by atoms with Crippen LogP contribution in [0.3, 0.4) is 0 Å². The van der Waals surface area contributed by atoms with Crippen molar-refractivity contribution in [2.75, 3.05) is 13.1 Å². The van der Waals surface area contributed by atoms with E-state index in [1.165, 1.54) is 4.68 Å². The van der Waals surface area contributed by atoms with Crippen molar-refractivity contribution in [2.45, 2.75) is 46.0 Å². The SMILES string of the molecule is Cc1c(C(=O)N2CCC(C)CC2)c(C(N)=O)nn1-c1nc2c(c(=O)[nH]1)CCC2. The number of H-pyrrole nitrogens is 1. The molecule has 28 heavy (non-hydrogen) atoms. The van der Waals surface area contributed by atoms with Gasteiger partial charge in [0.05, 0.1) is 17.0 Å². The number of amides is 2. The van der Waals surface area contributed by atoms with Gasteiger partial charge in [-0.3, -0.25) is 19.4 Å². The third-order valence-electron chi connectivity index (χ3n) is 5.76. The molecule has 3 N–H and O–H groups in total. The van der Waals surface area contributed by atoms with Gasteiger partial charge in [0.2, 0.25) is 5.95 Å². The Morgan fingerprint density at radius 1 is 1.21 bits per heavy atom. The zero-order chi connectivity index (χ0) is 20.0. The Morgan fingerprint density at radius 2 is 1.93 bits per heavy atom. The smallest absolute Gasteiger partial charge is 0.270 e. The topological polar surface area (TPSA) is 127 Å². The Hall–Kier alpha value is -2.97. The summed E-state index contributed by atoms with van der Waals surface area (Å²) < 4.78 is 1.35. The second-order valence-electron chi connectivity index (χ2n) is 7.73. The molecule has 0 radical (unpaired) electrons. The quantitative estimate of drug-likeness (QED) is 0.806. The second-order valence-corrected chi connectivity index (χ2v) is 7.73. The maximum atomic E-state index is 13.1. The van der Waals surface area contributed by atoms with Crippen molar-refractivity contribution < 1.29 is 9.59 Å². The predicted molar refractivity (Wildman–Crippen MR) is 102 cm³/mol. The fraction of sp³-hybridized carbons (Fsp3) is 0.526. The summed E-state index contributed by atoms with van der Waals surface area (Å²) in [5.41, 5.74) is 7.28. The van der Waals surface area contributed by atoms with Crippen LogP contribution in [-0.2, 0) is 12.8 Å². The van der Waals surface area contributed by atoms with E-state index in [1.54, 1.807) is 11.8 Å². The van der Waals surface area contributed by atoms with Crippen LogP contribution in [0.2, 0.25) is 0 Å². The summed E-state index contributed by atoms with van der Waals surface area (Å²) in [6.45, 7) is 5.12. The molecule has 2 aromatic rings. The minimum atomic E-state index is -0.779. The third kappa shape index (κ3) is 3.00. The lowest BCUT2D eigenvalue weighted by molar-refractivity contribution is 0.0692. The fourth-order valence-corrected chi connectivity index (χ4v) is 4.04. The molecule has 2 aromatic heterocycles. The van der Waals surface area contributed by atoms with E-state index in [9.17, 15) is 14.4 Å². The summed E-state index contributed by atoms with van der Waals surface area (Å²) in [4.78, 5) is 46.4. The van der Waals surface area contributed by atoms with Crippen LogP contribution in [0.15, 0.2) is 4.79 Å². The summed E-state index contributed by atoms with van der Waals surface area (Å²) in [6, 6.07) is 0. The number of aromatic nitrogens is 4. The molecule has 1 saturated heterocycles. The van der Waals surface area contributed by atoms with Gasteiger partial charge in [-0.25, -0.2) is 9.67 Å². The highest BCUT2D eigenvalue weighted by Crippen LogP contribution is 2.23. The second kappa shape index (κ2) is 6.88. The van der Waals surface area contributed by atoms with Crippen LogP contribution in [0.1, 0.15) is 64.0 Å². The summed E-state index contributed by atoms with van der Waals surface area (Å²) in [5.74, 6) is -0.256. The molecule has 1 aliphatic carbocycles. The molecule has 2 amide bonds. The molecule has 9 nitrogen and oxygen atoms in total. The molecule has 0 bridgehead atoms. The Kier molecular flexibility index (Phi) is 4.52. The standard InChI is InChI=1S/C19H24N6O3/c1-10-6-8-24(9-7-10)18(28)14-11(2)25(23-15(14)16(20)26)19-21-13-5-3-4-12(13)17(27)22-19/h10H,3-9H2,1-2H3,(H2,20,26)(H,21,22,27). The van der Waals surface area contributed by atoms with Crippen molar-refractivity contribution in [3.8, 4) is 5.95 Å². The normalized spacial score (nSPS) is 17.0. The molecule has 0 saturated carbocycles. The van der Waals surface area contributed by atoms with E-state index in [2.05, 4.69) is 22.0 Å². The van der Waals surface area contributed by atoms with Crippen LogP contribution in [0.5, 0.6) is 0 Å². The van der Waals surface area contributed by atoms with Crippen molar-refractivity contribution in [1.29, 1.82) is 0 Å². The first-order valence-corrected chi connectivity index (χ1v) is 9.68. The van der Waals surface area contributed by atoms with Crippen LogP contribution >= 0.6 is 0 Å². The molecule has 0 spiro atoms. The van der Waals surface area contributed by atoms with E-state index in [0.717, 1.165) is 31.4 Å². The molecule has 0 aromatic carbocycles. The lowest BCUT2D eigenvalue weighted by atomic mass is 9.98. The fourth-order valence-electron chi connectivity index (χ4n) is 4.04. The Morgan fingerprint density at radius 3 is 2.61 bits per heavy atom. The van der Waals surface area contributed by atoms with Crippen LogP contribution in [0.25, 0.3) is 5.95 Å². The molecule has 0 unspecified atom stereocenters. The molecule has 3 heterocycles. The third-order valence-corrected chi connectivity index (χ3v) is 5.76. The predicted octanol–water partition coefficient (Wildman–Crippen LogP) is 0.724. The number of fused-ring (bicyclic) bond motifs is 1. The van der Waals surface area contributed by atoms with Crippen LogP contribution in [0.4, 0.5) is 0 Å². The number of primary amides is 1. The van der Waals surface area contributed by atoms with E-state index < -0.39 is 5.91 Å². The van der Waals surface area contributed by atoms with Crippen molar-refractivity contribution in [3.05, 3.63) is 38.6 Å². The Labute approximate surface area is 161 Å². The first-order chi connectivity index (χ1) is 13.4. The maximum Gasteiger partial charge on any atom is 0.270 e. The van der Waals surface area contributed by atoms with Crippen molar-refractivity contribution in [3.63, 3.8) is 0 Å². The number of aryl methyl sites for hydroxylation is 1. The monoisotopic (exact) mass is 384 g/mol. The number of nitrogens with two attached hydrogens (primary N) is 1. The van der Waals surface area contributed by atoms with E-state index >= 15 is 0 Å². The number of nitrogens with one attached hydrogen (secondary N) is 1. The lowest BCUT2D eigenvalue weighted by Gasteiger charge is -2.30. The van der Waals surface area contributed by atoms with Gasteiger partial charge in [-0.15, -0.1) is 0 Å². The van der Waals surface area contributed by atoms with Gasteiger partial charge in [-0.05, 0) is 44.9 Å². The highest BCUT2D eigenvalue weighted by Gasteiger charge is 2.31. The summed E-state index contributed by atoms with van der Waals surface area (Å²) in [6.07, 6.45) is 4.17. The first kappa shape index (κ1) is 18.4. The summed E-state index contributed by atoms with van der Waals surface area (Å²) in [5, 5.41) is 4.24. The molecular weight excluding hydrogens is 360 g/mol. The first-order valence-electron chi connectivity index (χ1n) is 9.68. The largest absolute Gasteiger partial charge is 0.364 e. The maximum absolute atomic E-state index is 13.1. The molecular formula is C19H24N6O3. The molecule has 1 aliphatic heterocycles. The molecule has 2 aliphatic rings. The number of aromatic amines is 1. The molecule has 148 valence electrons. The highest BCUT2D eigenvalue weighted by molar-refractivity contribution is 6.06. The van der Waals surface area contributed by atoms with Gasteiger partial charge in [-0.2, -0.15) is 5.10 Å². The van der Waals surface area contributed by atoms with Crippen LogP contribution < -0.4 is 11.3 Å². The van der Waals surface area contributed by atoms with Gasteiger partial charge in [0, 0.05) is 18.7 Å². The molecule has 4 rings (SSSR count). The summed E-state index contributed by atoms with van der Waals surface area (Å²) >= 11 is 0. The molecule has 0 atom stereocenters. The van der Waals surface area contributed by atoms with E-state index in [-0.39, 0.29) is 28.7 Å². The van der Waals surface area contributed by atoms with E-state index in [4.69, 9.17) is 5.73 Å². The minimum absolute atomic E-state index is 0.0933. The number of carbonyl (C=O) groups is 2. The van der Waals surface area contributed by atoms with Crippen molar-refractivity contribution >= 4 is 11.8 Å². The number of nitrogens with zero attached hydrogens (tertiary/aromatic N) is 4. The zero-order valence-corrected chi connectivity index (χ0v) is 16.1. The number of likely N-dealkylation sites (tertiary alicyclic amines) is 1. The highest BCUT2D eigenvalue weighted by atomic mass is 16.2. The van der Waals surface area contributed by atoms with Gasteiger partial charge < -0.3 is 10.6 Å². The Balaban J connectivity index is 1.78. The van der Waals surface area contributed by atoms with E-state index in [0.29, 0.717) is 36.7 Å². The van der Waals surface area contributed by atoms with Crippen LogP contribution in [0, 0.1) is 12.8 Å². The average molecular weight is 384 g/mol. The number of hydrogen-bond donors (Lipinski definition) is 2. The Bertz CT molecular complexity index is 1010. The molecule has 1 fully saturated rings. The summed E-state index contributed by atoms with van der Waals surface area (Å²) in [7, 11) is 0. The van der Waals surface area contributed by atoms with Crippen molar-refractivity contribution in [2.24, 2.45) is 11.7 Å². The van der Waals surface area contributed by atoms with Gasteiger partial charge >= 0.3 is 0 Å². The van der Waals surface area contributed by atoms with Gasteiger partial charge in [-0.1, -0.05) is 6.92 Å². The molecule has 9 heteroatoms. The average Bonchev–Trinajstić information content (AvgIpc) is 3.26. The zero-order valence-electron chi connectivity index (χ0n) is 16.1. The van der Waals surface area contributed by atoms with Gasteiger partial charge in [0.1, 0.15) is 0 Å². The number of carbonyl (C=O) groups excluding carboxylic acids is 2. The number of rotatable bonds is 3. The number of hydrogen-bond acceptors (Lipinski definition) is 5.